The molecule has 0 aliphatic rings. The predicted octanol–water partition coefficient (Wildman–Crippen LogP) is 2.15. The van der Waals surface area contributed by atoms with Gasteiger partial charge in [-0.15, -0.1) is 10.2 Å². The van der Waals surface area contributed by atoms with Gasteiger partial charge in [0, 0.05) is 5.41 Å². The summed E-state index contributed by atoms with van der Waals surface area (Å²) in [5, 5.41) is 12.2. The van der Waals surface area contributed by atoms with Crippen molar-refractivity contribution >= 4 is 22.4 Å². The molecule has 0 aliphatic heterocycles. The number of carbonyl (C=O) groups is 1. The zero-order valence-electron chi connectivity index (χ0n) is 11.7. The monoisotopic (exact) mass is 270 g/mol. The van der Waals surface area contributed by atoms with E-state index < -0.39 is 6.04 Å². The second kappa shape index (κ2) is 5.75. The lowest BCUT2D eigenvalue weighted by Gasteiger charge is -2.16. The molecule has 0 saturated heterocycles. The Morgan fingerprint density at radius 1 is 1.44 bits per heavy atom. The van der Waals surface area contributed by atoms with Crippen LogP contribution in [-0.4, -0.2) is 22.1 Å². The molecule has 102 valence electrons. The van der Waals surface area contributed by atoms with Crippen molar-refractivity contribution in [2.24, 2.45) is 11.7 Å². The molecule has 0 aliphatic carbocycles. The number of anilines is 1. The summed E-state index contributed by atoms with van der Waals surface area (Å²) in [5.74, 6) is -0.0408. The average Bonchev–Trinajstić information content (AvgIpc) is 2.75. The number of hydrogen-bond acceptors (Lipinski definition) is 5. The molecule has 0 radical (unpaired) electrons. The molecule has 0 aromatic carbocycles. The first-order valence-corrected chi connectivity index (χ1v) is 6.97. The normalized spacial score (nSPS) is 15.2. The van der Waals surface area contributed by atoms with E-state index in [1.54, 1.807) is 0 Å². The van der Waals surface area contributed by atoms with Crippen LogP contribution in [0.1, 0.15) is 46.0 Å². The van der Waals surface area contributed by atoms with Gasteiger partial charge in [0.1, 0.15) is 5.01 Å². The summed E-state index contributed by atoms with van der Waals surface area (Å²) in [7, 11) is 0. The largest absolute Gasteiger partial charge is 0.320 e. The van der Waals surface area contributed by atoms with Crippen molar-refractivity contribution in [3.8, 4) is 0 Å². The lowest BCUT2D eigenvalue weighted by Crippen LogP contribution is -2.40. The standard InChI is InChI=1S/C12H22N4OS/c1-6-7(2)8(13)9(17)14-11-16-15-10(18-11)12(3,4)5/h7-8H,6,13H2,1-5H3,(H,14,16,17). The molecule has 0 saturated carbocycles. The smallest absolute Gasteiger partial charge is 0.243 e. The summed E-state index contributed by atoms with van der Waals surface area (Å²) in [5.41, 5.74) is 5.80. The fraction of sp³-hybridized carbons (Fsp3) is 0.750. The Bertz CT molecular complexity index is 410. The lowest BCUT2D eigenvalue weighted by atomic mass is 9.98. The number of hydrogen-bond donors (Lipinski definition) is 2. The van der Waals surface area contributed by atoms with Gasteiger partial charge in [-0.25, -0.2) is 0 Å². The van der Waals surface area contributed by atoms with E-state index in [0.29, 0.717) is 5.13 Å². The van der Waals surface area contributed by atoms with Gasteiger partial charge in [0.2, 0.25) is 11.0 Å². The van der Waals surface area contributed by atoms with Gasteiger partial charge in [-0.3, -0.25) is 10.1 Å². The highest BCUT2D eigenvalue weighted by molar-refractivity contribution is 7.15. The molecule has 6 heteroatoms. The Morgan fingerprint density at radius 3 is 2.50 bits per heavy atom. The van der Waals surface area contributed by atoms with Crippen LogP contribution in [0.5, 0.6) is 0 Å². The predicted molar refractivity (Wildman–Crippen MR) is 74.7 cm³/mol. The number of aromatic nitrogens is 2. The molecule has 2 unspecified atom stereocenters. The lowest BCUT2D eigenvalue weighted by molar-refractivity contribution is -0.118. The van der Waals surface area contributed by atoms with Crippen LogP contribution in [0.2, 0.25) is 0 Å². The summed E-state index contributed by atoms with van der Waals surface area (Å²) >= 11 is 1.40. The minimum atomic E-state index is -0.503. The van der Waals surface area contributed by atoms with Gasteiger partial charge in [0.15, 0.2) is 0 Å². The van der Waals surface area contributed by atoms with E-state index in [1.807, 2.05) is 13.8 Å². The minimum Gasteiger partial charge on any atom is -0.320 e. The third kappa shape index (κ3) is 3.74. The van der Waals surface area contributed by atoms with Crippen molar-refractivity contribution in [3.63, 3.8) is 0 Å². The molecule has 5 nitrogen and oxygen atoms in total. The fourth-order valence-corrected chi connectivity index (χ4v) is 2.08. The Morgan fingerprint density at radius 2 is 2.06 bits per heavy atom. The molecule has 1 aromatic rings. The van der Waals surface area contributed by atoms with Crippen LogP contribution >= 0.6 is 11.3 Å². The summed E-state index contributed by atoms with van der Waals surface area (Å²) < 4.78 is 0. The Hall–Kier alpha value is -1.01. The number of nitrogens with two attached hydrogens (primary N) is 1. The van der Waals surface area contributed by atoms with Crippen LogP contribution in [0.4, 0.5) is 5.13 Å². The third-order valence-corrected chi connectivity index (χ3v) is 4.12. The third-order valence-electron chi connectivity index (χ3n) is 2.86. The highest BCUT2D eigenvalue weighted by Gasteiger charge is 2.23. The van der Waals surface area contributed by atoms with E-state index in [9.17, 15) is 4.79 Å². The topological polar surface area (TPSA) is 80.9 Å². The molecule has 1 heterocycles. The minimum absolute atomic E-state index is 0.0561. The van der Waals surface area contributed by atoms with Crippen LogP contribution < -0.4 is 11.1 Å². The van der Waals surface area contributed by atoms with Crippen molar-refractivity contribution in [2.75, 3.05) is 5.32 Å². The van der Waals surface area contributed by atoms with Crippen LogP contribution in [0.15, 0.2) is 0 Å². The maximum Gasteiger partial charge on any atom is 0.243 e. The first-order chi connectivity index (χ1) is 8.25. The van der Waals surface area contributed by atoms with E-state index in [2.05, 4.69) is 36.3 Å². The second-order valence-electron chi connectivity index (χ2n) is 5.56. The summed E-state index contributed by atoms with van der Waals surface area (Å²) in [6, 6.07) is -0.503. The Kier molecular flexibility index (Phi) is 4.81. The molecule has 0 spiro atoms. The van der Waals surface area contributed by atoms with Gasteiger partial charge in [-0.05, 0) is 5.92 Å². The van der Waals surface area contributed by atoms with E-state index in [4.69, 9.17) is 5.73 Å². The van der Waals surface area contributed by atoms with Gasteiger partial charge in [-0.2, -0.15) is 0 Å². The summed E-state index contributed by atoms with van der Waals surface area (Å²) in [4.78, 5) is 11.9. The number of amides is 1. The molecular weight excluding hydrogens is 248 g/mol. The SMILES string of the molecule is CCC(C)C(N)C(=O)Nc1nnc(C(C)(C)C)s1. The molecule has 1 aromatic heterocycles. The Balaban J connectivity index is 2.68. The molecule has 18 heavy (non-hydrogen) atoms. The summed E-state index contributed by atoms with van der Waals surface area (Å²) in [6.07, 6.45) is 0.873. The van der Waals surface area contributed by atoms with E-state index in [-0.39, 0.29) is 17.2 Å². The molecule has 1 amide bonds. The summed E-state index contributed by atoms with van der Waals surface area (Å²) in [6.45, 7) is 10.2. The quantitative estimate of drug-likeness (QED) is 0.878. The molecular formula is C12H22N4OS. The van der Waals surface area contributed by atoms with Gasteiger partial charge < -0.3 is 5.73 Å². The van der Waals surface area contributed by atoms with E-state index in [1.165, 1.54) is 11.3 Å². The first kappa shape index (κ1) is 15.0. The van der Waals surface area contributed by atoms with Crippen molar-refractivity contribution in [1.29, 1.82) is 0 Å². The Labute approximate surface area is 112 Å². The van der Waals surface area contributed by atoms with Crippen molar-refractivity contribution < 1.29 is 4.79 Å². The molecule has 3 N–H and O–H groups in total. The number of nitrogens with one attached hydrogen (secondary N) is 1. The van der Waals surface area contributed by atoms with Gasteiger partial charge in [-0.1, -0.05) is 52.4 Å². The molecule has 1 rings (SSSR count). The van der Waals surface area contributed by atoms with Crippen LogP contribution in [-0.2, 0) is 10.2 Å². The first-order valence-electron chi connectivity index (χ1n) is 6.16. The van der Waals surface area contributed by atoms with Crippen molar-refractivity contribution in [1.82, 2.24) is 10.2 Å². The second-order valence-corrected chi connectivity index (χ2v) is 6.54. The van der Waals surface area contributed by atoms with Gasteiger partial charge in [0.05, 0.1) is 6.04 Å². The molecule has 2 atom stereocenters. The number of rotatable bonds is 4. The van der Waals surface area contributed by atoms with Gasteiger partial charge >= 0.3 is 0 Å². The van der Waals surface area contributed by atoms with Crippen molar-refractivity contribution in [2.45, 2.75) is 52.5 Å². The van der Waals surface area contributed by atoms with Crippen LogP contribution in [0, 0.1) is 5.92 Å². The average molecular weight is 270 g/mol. The highest BCUT2D eigenvalue weighted by atomic mass is 32.1. The van der Waals surface area contributed by atoms with E-state index in [0.717, 1.165) is 11.4 Å². The highest BCUT2D eigenvalue weighted by Crippen LogP contribution is 2.27. The van der Waals surface area contributed by atoms with Crippen LogP contribution in [0.25, 0.3) is 0 Å². The number of carbonyl (C=O) groups excluding carboxylic acids is 1. The maximum atomic E-state index is 11.9. The maximum absolute atomic E-state index is 11.9. The molecule has 0 bridgehead atoms. The molecule has 0 fully saturated rings. The number of nitrogens with zero attached hydrogens (tertiary/aromatic N) is 2. The van der Waals surface area contributed by atoms with E-state index >= 15 is 0 Å². The fourth-order valence-electron chi connectivity index (χ4n) is 1.28. The van der Waals surface area contributed by atoms with Crippen LogP contribution in [0.3, 0.4) is 0 Å². The zero-order valence-corrected chi connectivity index (χ0v) is 12.5. The van der Waals surface area contributed by atoms with Crippen molar-refractivity contribution in [3.05, 3.63) is 5.01 Å². The zero-order chi connectivity index (χ0) is 13.9. The van der Waals surface area contributed by atoms with Gasteiger partial charge in [0.25, 0.3) is 0 Å².